The van der Waals surface area contributed by atoms with Crippen LogP contribution in [0, 0.1) is 25.7 Å². The Balaban J connectivity index is 1.64. The maximum absolute atomic E-state index is 14.2. The number of aromatic hydroxyl groups is 1. The number of aliphatic hydroxyl groups is 3. The molecule has 2 aromatic rings. The Bertz CT molecular complexity index is 1820. The van der Waals surface area contributed by atoms with Crippen molar-refractivity contribution in [1.82, 2.24) is 14.8 Å². The number of aryl methyl sites for hydroxylation is 2. The Morgan fingerprint density at radius 2 is 1.82 bits per heavy atom. The van der Waals surface area contributed by atoms with Crippen LogP contribution in [-0.2, 0) is 32.6 Å². The van der Waals surface area contributed by atoms with Crippen LogP contribution in [0.15, 0.2) is 38.1 Å². The van der Waals surface area contributed by atoms with E-state index in [1.807, 2.05) is 0 Å². The summed E-state index contributed by atoms with van der Waals surface area (Å²) in [6.45, 7) is 2.47. The number of Topliss-reactive ketones (excluding diaryl/α,β-unsaturated/α-hetero) is 2. The van der Waals surface area contributed by atoms with Crippen LogP contribution < -0.4 is 15.4 Å². The van der Waals surface area contributed by atoms with Gasteiger partial charge in [-0.2, -0.15) is 0 Å². The quantitative estimate of drug-likeness (QED) is 0.222. The summed E-state index contributed by atoms with van der Waals surface area (Å²) >= 11 is 0. The molecule has 5 rings (SSSR count). The number of nitrogens with one attached hydrogen (secondary N) is 1. The first-order chi connectivity index (χ1) is 20.9. The second-order valence-corrected chi connectivity index (χ2v) is 13.8. The molecule has 242 valence electrons. The van der Waals surface area contributed by atoms with Gasteiger partial charge in [0.25, 0.3) is 5.91 Å². The van der Waals surface area contributed by atoms with Crippen LogP contribution in [-0.4, -0.2) is 96.2 Å². The van der Waals surface area contributed by atoms with Gasteiger partial charge in [-0.25, -0.2) is 13.1 Å². The van der Waals surface area contributed by atoms with E-state index >= 15 is 0 Å². The van der Waals surface area contributed by atoms with E-state index in [4.69, 9.17) is 10.3 Å². The molecule has 0 radical (unpaired) electrons. The van der Waals surface area contributed by atoms with E-state index in [-0.39, 0.29) is 45.9 Å². The Morgan fingerprint density at radius 1 is 1.18 bits per heavy atom. The molecular weight excluding hydrogens is 610 g/mol. The standard InChI is InChI=1S/C29H35N5O10S/c1-11-25(12(2)44-32-11)45(42,43)31-10-14-9-17(33(3)4)15-7-13-8-16-21(34(5)6)24(37)20(28(30)40)27(39)29(16,41)26(38)18(13)23(36)19(15)22(14)35/h9,13,16,21,31,35,37-38,41H,7-8,10H2,1-6H3,(H2,30,40)/t13-,16+,21-,29-/m1/s1. The summed E-state index contributed by atoms with van der Waals surface area (Å²) in [4.78, 5) is 42.9. The van der Waals surface area contributed by atoms with E-state index in [1.54, 1.807) is 39.2 Å². The molecular formula is C29H35N5O10S. The van der Waals surface area contributed by atoms with Gasteiger partial charge in [0.15, 0.2) is 17.1 Å². The Morgan fingerprint density at radius 3 is 2.36 bits per heavy atom. The number of aliphatic hydroxyl groups excluding tert-OH is 2. The first-order valence-electron chi connectivity index (χ1n) is 14.0. The molecule has 0 saturated heterocycles. The lowest BCUT2D eigenvalue weighted by Crippen LogP contribution is -2.63. The molecule has 1 heterocycles. The molecule has 0 aliphatic heterocycles. The lowest BCUT2D eigenvalue weighted by atomic mass is 9.58. The molecule has 4 atom stereocenters. The van der Waals surface area contributed by atoms with E-state index in [1.165, 1.54) is 18.7 Å². The third-order valence-corrected chi connectivity index (χ3v) is 10.6. The number of aromatic nitrogens is 1. The first kappa shape index (κ1) is 32.2. The number of amides is 1. The van der Waals surface area contributed by atoms with Crippen molar-refractivity contribution in [2.24, 2.45) is 17.6 Å². The number of carbonyl (C=O) groups excluding carboxylic acids is 3. The van der Waals surface area contributed by atoms with E-state index in [2.05, 4.69) is 9.88 Å². The zero-order valence-electron chi connectivity index (χ0n) is 25.5. The van der Waals surface area contributed by atoms with Crippen LogP contribution in [0.2, 0.25) is 0 Å². The van der Waals surface area contributed by atoms with Crippen molar-refractivity contribution in [3.63, 3.8) is 0 Å². The number of ketones is 2. The number of carbonyl (C=O) groups is 3. The fourth-order valence-electron chi connectivity index (χ4n) is 6.99. The van der Waals surface area contributed by atoms with Crippen LogP contribution in [0.5, 0.6) is 5.75 Å². The van der Waals surface area contributed by atoms with Crippen molar-refractivity contribution >= 4 is 33.2 Å². The van der Waals surface area contributed by atoms with Gasteiger partial charge in [-0.3, -0.25) is 19.3 Å². The van der Waals surface area contributed by atoms with Gasteiger partial charge in [0.1, 0.15) is 33.4 Å². The average molecular weight is 646 g/mol. The number of fused-ring (bicyclic) bond motifs is 3. The van der Waals surface area contributed by atoms with Crippen LogP contribution in [0.25, 0.3) is 0 Å². The molecule has 0 unspecified atom stereocenters. The van der Waals surface area contributed by atoms with E-state index in [0.717, 1.165) is 0 Å². The summed E-state index contributed by atoms with van der Waals surface area (Å²) in [5.41, 5.74) is 2.25. The lowest BCUT2D eigenvalue weighted by molar-refractivity contribution is -0.148. The molecule has 3 aliphatic rings. The minimum Gasteiger partial charge on any atom is -0.510 e. The average Bonchev–Trinajstić information content (AvgIpc) is 3.28. The predicted octanol–water partition coefficient (Wildman–Crippen LogP) is 0.270. The zero-order chi connectivity index (χ0) is 33.5. The normalized spacial score (nSPS) is 24.9. The topological polar surface area (TPSA) is 237 Å². The number of primary amides is 1. The summed E-state index contributed by atoms with van der Waals surface area (Å²) in [7, 11) is 2.36. The fraction of sp³-hybridized carbons (Fsp3) is 0.448. The van der Waals surface area contributed by atoms with Gasteiger partial charge in [-0.1, -0.05) is 5.16 Å². The van der Waals surface area contributed by atoms with Gasteiger partial charge in [0.2, 0.25) is 15.8 Å². The fourth-order valence-corrected chi connectivity index (χ4v) is 8.32. The summed E-state index contributed by atoms with van der Waals surface area (Å²) in [5, 5.41) is 49.3. The number of phenols is 1. The van der Waals surface area contributed by atoms with E-state index in [0.29, 0.717) is 11.3 Å². The molecule has 0 spiro atoms. The molecule has 3 aliphatic carbocycles. The Hall–Kier alpha value is -4.25. The van der Waals surface area contributed by atoms with E-state index < -0.39 is 80.4 Å². The van der Waals surface area contributed by atoms with Gasteiger partial charge >= 0.3 is 0 Å². The Labute approximate surface area is 258 Å². The molecule has 0 saturated carbocycles. The third kappa shape index (κ3) is 4.62. The van der Waals surface area contributed by atoms with Crippen LogP contribution in [0.3, 0.4) is 0 Å². The summed E-state index contributed by atoms with van der Waals surface area (Å²) < 4.78 is 33.5. The number of sulfonamides is 1. The van der Waals surface area contributed by atoms with Crippen molar-refractivity contribution < 1.29 is 47.8 Å². The highest BCUT2D eigenvalue weighted by molar-refractivity contribution is 7.89. The first-order valence-corrected chi connectivity index (χ1v) is 15.5. The highest BCUT2D eigenvalue weighted by Crippen LogP contribution is 2.53. The largest absolute Gasteiger partial charge is 0.510 e. The molecule has 15 nitrogen and oxygen atoms in total. The summed E-state index contributed by atoms with van der Waals surface area (Å²) in [6.07, 6.45) is 0.0269. The van der Waals surface area contributed by atoms with Crippen LogP contribution in [0.4, 0.5) is 5.69 Å². The molecule has 0 bridgehead atoms. The molecule has 7 N–H and O–H groups in total. The number of allylic oxidation sites excluding steroid dienone is 1. The van der Waals surface area contributed by atoms with Crippen LogP contribution in [0.1, 0.15) is 39.4 Å². The maximum Gasteiger partial charge on any atom is 0.255 e. The second-order valence-electron chi connectivity index (χ2n) is 12.1. The van der Waals surface area contributed by atoms with Gasteiger partial charge in [-0.05, 0) is 58.3 Å². The molecule has 0 fully saturated rings. The number of anilines is 1. The summed E-state index contributed by atoms with van der Waals surface area (Å²) in [6, 6.07) is 0.441. The van der Waals surface area contributed by atoms with Gasteiger partial charge < -0.3 is 35.6 Å². The smallest absolute Gasteiger partial charge is 0.255 e. The molecule has 45 heavy (non-hydrogen) atoms. The predicted molar refractivity (Wildman–Crippen MR) is 158 cm³/mol. The second kappa shape index (κ2) is 10.7. The number of hydrogen-bond donors (Lipinski definition) is 6. The minimum atomic E-state index is -4.15. The molecule has 1 aromatic carbocycles. The summed E-state index contributed by atoms with van der Waals surface area (Å²) in [5.74, 6) is -7.55. The number of hydrogen-bond acceptors (Lipinski definition) is 13. The Kier molecular flexibility index (Phi) is 7.63. The lowest BCUT2D eigenvalue weighted by Gasteiger charge is -2.50. The van der Waals surface area contributed by atoms with Crippen molar-refractivity contribution in [3.8, 4) is 5.75 Å². The number of nitrogens with zero attached hydrogens (tertiary/aromatic N) is 3. The van der Waals surface area contributed by atoms with Crippen molar-refractivity contribution in [3.05, 3.63) is 56.9 Å². The number of nitrogens with two attached hydrogens (primary N) is 1. The van der Waals surface area contributed by atoms with Crippen molar-refractivity contribution in [2.45, 2.75) is 49.8 Å². The number of rotatable bonds is 7. The highest BCUT2D eigenvalue weighted by atomic mass is 32.2. The van der Waals surface area contributed by atoms with Gasteiger partial charge in [0.05, 0.1) is 11.6 Å². The van der Waals surface area contributed by atoms with Gasteiger partial charge in [0, 0.05) is 43.4 Å². The molecule has 1 aromatic heterocycles. The van der Waals surface area contributed by atoms with Crippen molar-refractivity contribution in [1.29, 1.82) is 0 Å². The number of likely N-dealkylation sites (N-methyl/N-ethyl adjacent to an activating group) is 1. The third-order valence-electron chi connectivity index (χ3n) is 8.95. The SMILES string of the molecule is Cc1noc(C)c1S(=O)(=O)NCc1cc(N(C)C)c2c(c1O)C(=O)C1=C(O)[C@@]3(O)C(=O)C(C(N)=O)=C(O)[C@H](N(C)C)[C@@H]3C[C@H]1C2. The molecule has 1 amide bonds. The van der Waals surface area contributed by atoms with Gasteiger partial charge in [-0.15, -0.1) is 0 Å². The minimum absolute atomic E-state index is 0.0392. The monoisotopic (exact) mass is 645 g/mol. The number of benzene rings is 1. The zero-order valence-corrected chi connectivity index (χ0v) is 26.3. The van der Waals surface area contributed by atoms with Crippen LogP contribution >= 0.6 is 0 Å². The highest BCUT2D eigenvalue weighted by Gasteiger charge is 2.63. The number of phenolic OH excluding ortho intramolecular Hbond substituents is 1. The molecule has 16 heteroatoms. The van der Waals surface area contributed by atoms with E-state index in [9.17, 15) is 43.2 Å². The maximum atomic E-state index is 14.2. The van der Waals surface area contributed by atoms with Crippen molar-refractivity contribution in [2.75, 3.05) is 33.1 Å².